The Kier molecular flexibility index (Phi) is 4.58. The van der Waals surface area contributed by atoms with Gasteiger partial charge in [0.05, 0.1) is 5.69 Å². The number of rotatable bonds is 2. The van der Waals surface area contributed by atoms with Crippen LogP contribution in [0.3, 0.4) is 0 Å². The van der Waals surface area contributed by atoms with Crippen LogP contribution in [-0.4, -0.2) is 24.3 Å². The summed E-state index contributed by atoms with van der Waals surface area (Å²) in [5, 5.41) is 5.76. The number of nitrogens with zero attached hydrogens (tertiary/aromatic N) is 1. The molecule has 0 bridgehead atoms. The molecule has 0 radical (unpaired) electrons. The van der Waals surface area contributed by atoms with E-state index in [1.165, 1.54) is 0 Å². The molecule has 0 aliphatic carbocycles. The highest BCUT2D eigenvalue weighted by atomic mass is 35.5. The molecule has 2 aromatic carbocycles. The third-order valence-electron chi connectivity index (χ3n) is 4.84. The van der Waals surface area contributed by atoms with Gasteiger partial charge in [0.2, 0.25) is 5.91 Å². The Balaban J connectivity index is 1.51. The predicted molar refractivity (Wildman–Crippen MR) is 104 cm³/mol. The lowest BCUT2D eigenvalue weighted by molar-refractivity contribution is -0.132. The third kappa shape index (κ3) is 3.53. The van der Waals surface area contributed by atoms with Crippen molar-refractivity contribution in [2.45, 2.75) is 25.7 Å². The van der Waals surface area contributed by atoms with E-state index in [1.807, 2.05) is 17.0 Å². The van der Waals surface area contributed by atoms with Gasteiger partial charge in [-0.15, -0.1) is 0 Å². The molecule has 2 N–H and O–H groups in total. The first kappa shape index (κ1) is 17.5. The lowest BCUT2D eigenvalue weighted by Gasteiger charge is -2.35. The van der Waals surface area contributed by atoms with Gasteiger partial charge in [0.1, 0.15) is 0 Å². The Labute approximate surface area is 161 Å². The minimum absolute atomic E-state index is 0.155. The molecule has 2 aliphatic heterocycles. The lowest BCUT2D eigenvalue weighted by Crippen LogP contribution is -2.39. The van der Waals surface area contributed by atoms with Crippen molar-refractivity contribution < 1.29 is 14.4 Å². The quantitative estimate of drug-likeness (QED) is 0.782. The molecule has 0 fully saturated rings. The summed E-state index contributed by atoms with van der Waals surface area (Å²) in [5.74, 6) is -1.33. The van der Waals surface area contributed by atoms with Crippen LogP contribution in [0.25, 0.3) is 0 Å². The average molecular weight is 384 g/mol. The molecule has 0 unspecified atom stereocenters. The smallest absolute Gasteiger partial charge is 0.314 e. The number of carbonyl (C=O) groups is 3. The van der Waals surface area contributed by atoms with Gasteiger partial charge >= 0.3 is 11.8 Å². The fraction of sp³-hybridized carbons (Fsp3) is 0.250. The van der Waals surface area contributed by atoms with Crippen molar-refractivity contribution in [1.82, 2.24) is 0 Å². The summed E-state index contributed by atoms with van der Waals surface area (Å²) in [4.78, 5) is 38.4. The van der Waals surface area contributed by atoms with Gasteiger partial charge in [-0.25, -0.2) is 0 Å². The van der Waals surface area contributed by atoms with E-state index in [1.54, 1.807) is 24.3 Å². The molecular formula is C20H18ClN3O3. The van der Waals surface area contributed by atoms with Crippen molar-refractivity contribution in [3.63, 3.8) is 0 Å². The number of hydrogen-bond donors (Lipinski definition) is 2. The molecule has 2 aromatic rings. The standard InChI is InChI=1S/C20H18ClN3O3/c21-14-4-6-15(7-5-14)22-19(26)20(27)23-16-10-12-2-1-9-24-17(25)8-3-13(11-16)18(12)24/h4-7,10-11H,1-3,8-9H2,(H,22,26)(H,23,27). The maximum atomic E-state index is 12.3. The highest BCUT2D eigenvalue weighted by molar-refractivity contribution is 6.43. The van der Waals surface area contributed by atoms with E-state index in [0.717, 1.165) is 36.2 Å². The minimum Gasteiger partial charge on any atom is -0.318 e. The summed E-state index contributed by atoms with van der Waals surface area (Å²) < 4.78 is 0. The van der Waals surface area contributed by atoms with Gasteiger partial charge in [-0.05, 0) is 66.8 Å². The van der Waals surface area contributed by atoms with Crippen molar-refractivity contribution in [1.29, 1.82) is 0 Å². The van der Waals surface area contributed by atoms with Gasteiger partial charge < -0.3 is 15.5 Å². The summed E-state index contributed by atoms with van der Waals surface area (Å²) in [6, 6.07) is 10.2. The number of carbonyl (C=O) groups excluding carboxylic acids is 3. The summed E-state index contributed by atoms with van der Waals surface area (Å²) in [6.45, 7) is 0.744. The van der Waals surface area contributed by atoms with Crippen LogP contribution in [0.4, 0.5) is 17.1 Å². The first-order valence-corrected chi connectivity index (χ1v) is 9.23. The zero-order chi connectivity index (χ0) is 19.0. The summed E-state index contributed by atoms with van der Waals surface area (Å²) in [6.07, 6.45) is 2.87. The van der Waals surface area contributed by atoms with E-state index in [4.69, 9.17) is 11.6 Å². The molecule has 0 atom stereocenters. The molecule has 3 amide bonds. The van der Waals surface area contributed by atoms with E-state index in [-0.39, 0.29) is 5.91 Å². The Morgan fingerprint density at radius 2 is 1.52 bits per heavy atom. The van der Waals surface area contributed by atoms with Crippen molar-refractivity contribution >= 4 is 46.4 Å². The molecule has 138 valence electrons. The number of benzene rings is 2. The minimum atomic E-state index is -0.750. The van der Waals surface area contributed by atoms with Crippen LogP contribution in [0.1, 0.15) is 24.0 Å². The second kappa shape index (κ2) is 7.04. The van der Waals surface area contributed by atoms with Gasteiger partial charge in [0, 0.05) is 29.4 Å². The topological polar surface area (TPSA) is 78.5 Å². The van der Waals surface area contributed by atoms with Gasteiger partial charge in [-0.2, -0.15) is 0 Å². The van der Waals surface area contributed by atoms with Crippen LogP contribution in [-0.2, 0) is 27.2 Å². The number of amides is 3. The monoisotopic (exact) mass is 383 g/mol. The van der Waals surface area contributed by atoms with Crippen LogP contribution < -0.4 is 15.5 Å². The van der Waals surface area contributed by atoms with Gasteiger partial charge in [0.25, 0.3) is 0 Å². The normalized spacial score (nSPS) is 15.1. The number of halogens is 1. The van der Waals surface area contributed by atoms with Crippen LogP contribution in [0.15, 0.2) is 36.4 Å². The van der Waals surface area contributed by atoms with Gasteiger partial charge in [-0.3, -0.25) is 14.4 Å². The second-order valence-electron chi connectivity index (χ2n) is 6.71. The van der Waals surface area contributed by atoms with Crippen molar-refractivity contribution in [3.05, 3.63) is 52.5 Å². The highest BCUT2D eigenvalue weighted by Crippen LogP contribution is 2.37. The molecule has 0 aromatic heterocycles. The van der Waals surface area contributed by atoms with E-state index >= 15 is 0 Å². The van der Waals surface area contributed by atoms with E-state index < -0.39 is 11.8 Å². The van der Waals surface area contributed by atoms with Crippen LogP contribution >= 0.6 is 11.6 Å². The molecular weight excluding hydrogens is 366 g/mol. The number of hydrogen-bond acceptors (Lipinski definition) is 3. The molecule has 6 nitrogen and oxygen atoms in total. The van der Waals surface area contributed by atoms with Gasteiger partial charge in [0.15, 0.2) is 0 Å². The van der Waals surface area contributed by atoms with Crippen LogP contribution in [0.5, 0.6) is 0 Å². The average Bonchev–Trinajstić information content (AvgIpc) is 2.66. The number of nitrogens with one attached hydrogen (secondary N) is 2. The largest absolute Gasteiger partial charge is 0.318 e. The maximum absolute atomic E-state index is 12.3. The van der Waals surface area contributed by atoms with E-state index in [9.17, 15) is 14.4 Å². The van der Waals surface area contributed by atoms with Crippen molar-refractivity contribution in [3.8, 4) is 0 Å². The molecule has 4 rings (SSSR count). The fourth-order valence-electron chi connectivity index (χ4n) is 3.63. The summed E-state index contributed by atoms with van der Waals surface area (Å²) in [5.41, 5.74) is 4.15. The molecule has 0 saturated carbocycles. The summed E-state index contributed by atoms with van der Waals surface area (Å²) >= 11 is 5.81. The number of aryl methyl sites for hydroxylation is 2. The third-order valence-corrected chi connectivity index (χ3v) is 5.09. The zero-order valence-electron chi connectivity index (χ0n) is 14.5. The second-order valence-corrected chi connectivity index (χ2v) is 7.14. The van der Waals surface area contributed by atoms with E-state index in [0.29, 0.717) is 29.2 Å². The first-order chi connectivity index (χ1) is 13.0. The first-order valence-electron chi connectivity index (χ1n) is 8.85. The van der Waals surface area contributed by atoms with Crippen LogP contribution in [0.2, 0.25) is 5.02 Å². The summed E-state index contributed by atoms with van der Waals surface area (Å²) in [7, 11) is 0. The maximum Gasteiger partial charge on any atom is 0.314 e. The SMILES string of the molecule is O=C(Nc1ccc(Cl)cc1)C(=O)Nc1cc2c3c(c1)CCC(=O)N3CCC2. The van der Waals surface area contributed by atoms with Gasteiger partial charge in [-0.1, -0.05) is 11.6 Å². The Hall–Kier alpha value is -2.86. The number of anilines is 3. The fourth-order valence-corrected chi connectivity index (χ4v) is 3.76. The highest BCUT2D eigenvalue weighted by Gasteiger charge is 2.30. The van der Waals surface area contributed by atoms with Crippen LogP contribution in [0, 0.1) is 0 Å². The molecule has 0 saturated heterocycles. The predicted octanol–water partition coefficient (Wildman–Crippen LogP) is 3.14. The lowest BCUT2D eigenvalue weighted by atomic mass is 9.91. The Morgan fingerprint density at radius 3 is 2.22 bits per heavy atom. The van der Waals surface area contributed by atoms with Crippen molar-refractivity contribution in [2.75, 3.05) is 22.1 Å². The van der Waals surface area contributed by atoms with E-state index in [2.05, 4.69) is 10.6 Å². The van der Waals surface area contributed by atoms with Crippen molar-refractivity contribution in [2.24, 2.45) is 0 Å². The Bertz CT molecular complexity index is 923. The Morgan fingerprint density at radius 1 is 0.889 bits per heavy atom. The molecule has 0 spiro atoms. The molecule has 2 heterocycles. The zero-order valence-corrected chi connectivity index (χ0v) is 15.3. The molecule has 27 heavy (non-hydrogen) atoms. The molecule has 7 heteroatoms. The molecule has 2 aliphatic rings.